The highest BCUT2D eigenvalue weighted by Crippen LogP contribution is 2.36. The van der Waals surface area contributed by atoms with Gasteiger partial charge in [-0.3, -0.25) is 0 Å². The summed E-state index contributed by atoms with van der Waals surface area (Å²) in [5.41, 5.74) is 11.3. The Labute approximate surface area is 115 Å². The molecule has 0 atom stereocenters. The standard InChI is InChI=1S/C19H20/c1-12-9-18-14(3)6-8-17(19(18)10-12)16-7-5-13(2)15(4)11-16/h5-8,10-11H,9H2,1-4H3. The molecule has 0 aliphatic heterocycles. The summed E-state index contributed by atoms with van der Waals surface area (Å²) in [5, 5.41) is 0. The lowest BCUT2D eigenvalue weighted by Gasteiger charge is -2.12. The lowest BCUT2D eigenvalue weighted by Crippen LogP contribution is -1.92. The number of allylic oxidation sites excluding steroid dienone is 1. The van der Waals surface area contributed by atoms with E-state index in [1.54, 1.807) is 0 Å². The Balaban J connectivity index is 2.21. The molecule has 0 N–H and O–H groups in total. The quantitative estimate of drug-likeness (QED) is 0.647. The van der Waals surface area contributed by atoms with Crippen LogP contribution in [0.15, 0.2) is 35.9 Å². The second-order valence-corrected chi connectivity index (χ2v) is 5.79. The molecule has 0 fully saturated rings. The largest absolute Gasteiger partial charge is 0.0683 e. The van der Waals surface area contributed by atoms with Crippen LogP contribution in [0.4, 0.5) is 0 Å². The van der Waals surface area contributed by atoms with Crippen molar-refractivity contribution >= 4 is 6.08 Å². The molecule has 0 bridgehead atoms. The minimum absolute atomic E-state index is 1.11. The second kappa shape index (κ2) is 4.38. The molecule has 96 valence electrons. The molecule has 0 nitrogen and oxygen atoms in total. The lowest BCUT2D eigenvalue weighted by atomic mass is 9.92. The summed E-state index contributed by atoms with van der Waals surface area (Å²) in [7, 11) is 0. The van der Waals surface area contributed by atoms with Crippen LogP contribution in [0.1, 0.15) is 34.7 Å². The fourth-order valence-electron chi connectivity index (χ4n) is 2.91. The molecule has 2 aromatic carbocycles. The summed E-state index contributed by atoms with van der Waals surface area (Å²) < 4.78 is 0. The number of benzene rings is 2. The highest BCUT2D eigenvalue weighted by Gasteiger charge is 2.16. The van der Waals surface area contributed by atoms with Crippen molar-refractivity contribution in [3.8, 4) is 11.1 Å². The van der Waals surface area contributed by atoms with Gasteiger partial charge in [0.2, 0.25) is 0 Å². The van der Waals surface area contributed by atoms with Gasteiger partial charge in [0.15, 0.2) is 0 Å². The zero-order valence-electron chi connectivity index (χ0n) is 12.2. The van der Waals surface area contributed by atoms with Crippen molar-refractivity contribution in [2.24, 2.45) is 0 Å². The van der Waals surface area contributed by atoms with Crippen LogP contribution >= 0.6 is 0 Å². The molecule has 0 saturated carbocycles. The molecule has 3 rings (SSSR count). The highest BCUT2D eigenvalue weighted by molar-refractivity contribution is 5.81. The molecule has 0 heterocycles. The van der Waals surface area contributed by atoms with E-state index in [1.807, 2.05) is 0 Å². The van der Waals surface area contributed by atoms with Gasteiger partial charge in [-0.1, -0.05) is 42.0 Å². The van der Waals surface area contributed by atoms with Crippen LogP contribution < -0.4 is 0 Å². The summed E-state index contributed by atoms with van der Waals surface area (Å²) >= 11 is 0. The van der Waals surface area contributed by atoms with Gasteiger partial charge < -0.3 is 0 Å². The maximum atomic E-state index is 2.35. The SMILES string of the molecule is CC1=Cc2c(-c3ccc(C)c(C)c3)ccc(C)c2C1. The number of rotatable bonds is 1. The van der Waals surface area contributed by atoms with Crippen LogP contribution in [-0.4, -0.2) is 0 Å². The normalized spacial score (nSPS) is 13.4. The van der Waals surface area contributed by atoms with E-state index in [1.165, 1.54) is 44.5 Å². The molecule has 0 heteroatoms. The van der Waals surface area contributed by atoms with Crippen molar-refractivity contribution in [3.63, 3.8) is 0 Å². The topological polar surface area (TPSA) is 0 Å². The molecule has 2 aromatic rings. The minimum atomic E-state index is 1.11. The maximum absolute atomic E-state index is 2.35. The first kappa shape index (κ1) is 12.2. The average molecular weight is 248 g/mol. The maximum Gasteiger partial charge on any atom is -0.00577 e. The fraction of sp³-hybridized carbons (Fsp3) is 0.263. The monoisotopic (exact) mass is 248 g/mol. The Kier molecular flexibility index (Phi) is 2.82. The zero-order valence-corrected chi connectivity index (χ0v) is 12.2. The van der Waals surface area contributed by atoms with E-state index in [-0.39, 0.29) is 0 Å². The van der Waals surface area contributed by atoms with Crippen molar-refractivity contribution in [1.82, 2.24) is 0 Å². The van der Waals surface area contributed by atoms with Gasteiger partial charge in [-0.05, 0) is 73.1 Å². The van der Waals surface area contributed by atoms with Gasteiger partial charge in [-0.25, -0.2) is 0 Å². The third-order valence-corrected chi connectivity index (χ3v) is 4.26. The zero-order chi connectivity index (χ0) is 13.6. The van der Waals surface area contributed by atoms with Crippen LogP contribution in [0.2, 0.25) is 0 Å². The van der Waals surface area contributed by atoms with E-state index < -0.39 is 0 Å². The summed E-state index contributed by atoms with van der Waals surface area (Å²) in [6.45, 7) is 8.80. The van der Waals surface area contributed by atoms with Gasteiger partial charge >= 0.3 is 0 Å². The van der Waals surface area contributed by atoms with E-state index in [0.717, 1.165) is 6.42 Å². The molecular formula is C19H20. The molecule has 0 unspecified atom stereocenters. The third-order valence-electron chi connectivity index (χ3n) is 4.26. The first-order valence-electron chi connectivity index (χ1n) is 6.93. The number of aryl methyl sites for hydroxylation is 3. The number of hydrogen-bond acceptors (Lipinski definition) is 0. The fourth-order valence-corrected chi connectivity index (χ4v) is 2.91. The minimum Gasteiger partial charge on any atom is -0.0683 e. The molecule has 0 aromatic heterocycles. The highest BCUT2D eigenvalue weighted by atomic mass is 14.2. The predicted molar refractivity (Wildman–Crippen MR) is 83.4 cm³/mol. The Hall–Kier alpha value is -1.82. The average Bonchev–Trinajstić information content (AvgIpc) is 2.76. The summed E-state index contributed by atoms with van der Waals surface area (Å²) in [4.78, 5) is 0. The molecule has 1 aliphatic rings. The van der Waals surface area contributed by atoms with Crippen LogP contribution in [0, 0.1) is 20.8 Å². The summed E-state index contributed by atoms with van der Waals surface area (Å²) in [6, 6.07) is 11.3. The van der Waals surface area contributed by atoms with Crippen molar-refractivity contribution in [3.05, 3.63) is 63.7 Å². The van der Waals surface area contributed by atoms with Crippen molar-refractivity contribution < 1.29 is 0 Å². The molecular weight excluding hydrogens is 228 g/mol. The Morgan fingerprint density at radius 2 is 1.53 bits per heavy atom. The van der Waals surface area contributed by atoms with E-state index in [4.69, 9.17) is 0 Å². The molecule has 1 aliphatic carbocycles. The van der Waals surface area contributed by atoms with Gasteiger partial charge in [0.25, 0.3) is 0 Å². The van der Waals surface area contributed by atoms with Crippen LogP contribution in [0.5, 0.6) is 0 Å². The first-order valence-corrected chi connectivity index (χ1v) is 6.93. The molecule has 0 amide bonds. The number of hydrogen-bond donors (Lipinski definition) is 0. The van der Waals surface area contributed by atoms with Gasteiger partial charge in [0.05, 0.1) is 0 Å². The van der Waals surface area contributed by atoms with Crippen molar-refractivity contribution in [1.29, 1.82) is 0 Å². The smallest absolute Gasteiger partial charge is 0.00577 e. The predicted octanol–water partition coefficient (Wildman–Crippen LogP) is 5.24. The van der Waals surface area contributed by atoms with E-state index in [2.05, 4.69) is 64.1 Å². The van der Waals surface area contributed by atoms with Crippen LogP contribution in [0.25, 0.3) is 17.2 Å². The van der Waals surface area contributed by atoms with Crippen molar-refractivity contribution in [2.75, 3.05) is 0 Å². The summed E-state index contributed by atoms with van der Waals surface area (Å²) in [6.07, 6.45) is 3.46. The Bertz CT molecular complexity index is 687. The number of fused-ring (bicyclic) bond motifs is 1. The molecule has 0 radical (unpaired) electrons. The molecule has 19 heavy (non-hydrogen) atoms. The van der Waals surface area contributed by atoms with Crippen molar-refractivity contribution in [2.45, 2.75) is 34.1 Å². The Morgan fingerprint density at radius 3 is 2.26 bits per heavy atom. The van der Waals surface area contributed by atoms with E-state index >= 15 is 0 Å². The van der Waals surface area contributed by atoms with Gasteiger partial charge in [-0.2, -0.15) is 0 Å². The second-order valence-electron chi connectivity index (χ2n) is 5.79. The molecule has 0 saturated heterocycles. The van der Waals surface area contributed by atoms with Gasteiger partial charge in [0.1, 0.15) is 0 Å². The lowest BCUT2D eigenvalue weighted by molar-refractivity contribution is 1.16. The molecule has 0 spiro atoms. The van der Waals surface area contributed by atoms with E-state index in [9.17, 15) is 0 Å². The summed E-state index contributed by atoms with van der Waals surface area (Å²) in [5.74, 6) is 0. The van der Waals surface area contributed by atoms with Gasteiger partial charge in [0, 0.05) is 0 Å². The van der Waals surface area contributed by atoms with Crippen LogP contribution in [0.3, 0.4) is 0 Å². The third kappa shape index (κ3) is 2.02. The van der Waals surface area contributed by atoms with E-state index in [0.29, 0.717) is 0 Å². The Morgan fingerprint density at radius 1 is 0.789 bits per heavy atom. The van der Waals surface area contributed by atoms with Gasteiger partial charge in [-0.15, -0.1) is 0 Å². The van der Waals surface area contributed by atoms with Crippen LogP contribution in [-0.2, 0) is 6.42 Å². The first-order chi connectivity index (χ1) is 9.06.